The number of hydrogen-bond acceptors (Lipinski definition) is 6. The fraction of sp³-hybridized carbons (Fsp3) is 0.792. The second-order valence-electron chi connectivity index (χ2n) is 16.7. The lowest BCUT2D eigenvalue weighted by Gasteiger charge is -2.18. The van der Waals surface area contributed by atoms with Crippen molar-refractivity contribution in [3.63, 3.8) is 0 Å². The maximum Gasteiger partial charge on any atom is 0.306 e. The highest BCUT2D eigenvalue weighted by Gasteiger charge is 2.19. The monoisotopic (exact) mass is 827 g/mol. The van der Waals surface area contributed by atoms with Crippen molar-refractivity contribution in [3.05, 3.63) is 48.6 Å². The summed E-state index contributed by atoms with van der Waals surface area (Å²) in [7, 11) is 0. The number of carbonyl (C=O) groups is 3. The van der Waals surface area contributed by atoms with Crippen LogP contribution in [0.3, 0.4) is 0 Å². The van der Waals surface area contributed by atoms with Gasteiger partial charge in [-0.1, -0.05) is 204 Å². The SMILES string of the molecule is CC/C=C\C/C=C\C/C=C\CCCCCCCCC(=O)OCC(COC(=O)CCCCCCCCCCC)OC(=O)CCCCCCC/C=C\CCCCCCCCC. The second kappa shape index (κ2) is 48.0. The Morgan fingerprint density at radius 2 is 0.661 bits per heavy atom. The van der Waals surface area contributed by atoms with Crippen molar-refractivity contribution in [3.8, 4) is 0 Å². The number of rotatable bonds is 45. The van der Waals surface area contributed by atoms with Crippen LogP contribution in [0.15, 0.2) is 48.6 Å². The molecule has 0 fully saturated rings. The maximum atomic E-state index is 12.8. The molecule has 6 nitrogen and oxygen atoms in total. The summed E-state index contributed by atoms with van der Waals surface area (Å²) in [6.45, 7) is 6.49. The largest absolute Gasteiger partial charge is 0.462 e. The molecule has 0 rings (SSSR count). The number of esters is 3. The summed E-state index contributed by atoms with van der Waals surface area (Å²) in [5, 5.41) is 0. The van der Waals surface area contributed by atoms with Crippen LogP contribution in [-0.4, -0.2) is 37.2 Å². The summed E-state index contributed by atoms with van der Waals surface area (Å²) in [6, 6.07) is 0. The van der Waals surface area contributed by atoms with Crippen LogP contribution in [0.1, 0.15) is 252 Å². The van der Waals surface area contributed by atoms with Gasteiger partial charge in [-0.15, -0.1) is 0 Å². The molecule has 1 atom stereocenters. The highest BCUT2D eigenvalue weighted by molar-refractivity contribution is 5.71. The van der Waals surface area contributed by atoms with E-state index in [0.717, 1.165) is 96.3 Å². The van der Waals surface area contributed by atoms with E-state index >= 15 is 0 Å². The highest BCUT2D eigenvalue weighted by Crippen LogP contribution is 2.14. The number of unbranched alkanes of at least 4 members (excludes halogenated alkanes) is 26. The minimum Gasteiger partial charge on any atom is -0.462 e. The average Bonchev–Trinajstić information content (AvgIpc) is 3.23. The van der Waals surface area contributed by atoms with Crippen LogP contribution in [0.2, 0.25) is 0 Å². The standard InChI is InChI=1S/C53H94O6/c1-4-7-10-13-16-19-21-23-25-27-29-31-34-37-40-43-46-52(55)58-49-50(48-57-51(54)45-42-39-36-33-18-15-12-9-6-3)59-53(56)47-44-41-38-35-32-30-28-26-24-22-20-17-14-11-8-5-2/h7,10,16,19,23,25-26,28,50H,4-6,8-9,11-15,17-18,20-22,24,27,29-49H2,1-3H3/b10-7-,19-16-,25-23-,28-26-. The average molecular weight is 827 g/mol. The highest BCUT2D eigenvalue weighted by atomic mass is 16.6. The zero-order chi connectivity index (χ0) is 43.0. The van der Waals surface area contributed by atoms with Gasteiger partial charge in [-0.25, -0.2) is 0 Å². The molecular formula is C53H94O6. The summed E-state index contributed by atoms with van der Waals surface area (Å²) in [6.07, 6.45) is 56.7. The molecule has 342 valence electrons. The third-order valence-corrected chi connectivity index (χ3v) is 10.8. The Morgan fingerprint density at radius 1 is 0.356 bits per heavy atom. The zero-order valence-electron chi connectivity index (χ0n) is 39.0. The van der Waals surface area contributed by atoms with E-state index in [4.69, 9.17) is 14.2 Å². The Hall–Kier alpha value is -2.63. The summed E-state index contributed by atoms with van der Waals surface area (Å²) in [5.74, 6) is -0.899. The topological polar surface area (TPSA) is 78.9 Å². The third kappa shape index (κ3) is 46.3. The molecule has 0 aliphatic rings. The van der Waals surface area contributed by atoms with E-state index in [-0.39, 0.29) is 31.1 Å². The molecule has 0 aromatic heterocycles. The molecule has 59 heavy (non-hydrogen) atoms. The summed E-state index contributed by atoms with van der Waals surface area (Å²) < 4.78 is 16.7. The molecular weight excluding hydrogens is 733 g/mol. The van der Waals surface area contributed by atoms with Crippen molar-refractivity contribution in [1.82, 2.24) is 0 Å². The van der Waals surface area contributed by atoms with Crippen molar-refractivity contribution in [2.24, 2.45) is 0 Å². The number of carbonyl (C=O) groups excluding carboxylic acids is 3. The number of allylic oxidation sites excluding steroid dienone is 8. The lowest BCUT2D eigenvalue weighted by Crippen LogP contribution is -2.30. The molecule has 0 heterocycles. The molecule has 0 radical (unpaired) electrons. The minimum absolute atomic E-state index is 0.0791. The molecule has 0 bridgehead atoms. The van der Waals surface area contributed by atoms with Crippen molar-refractivity contribution < 1.29 is 28.6 Å². The number of hydrogen-bond donors (Lipinski definition) is 0. The third-order valence-electron chi connectivity index (χ3n) is 10.8. The van der Waals surface area contributed by atoms with Crippen LogP contribution in [0.4, 0.5) is 0 Å². The van der Waals surface area contributed by atoms with E-state index < -0.39 is 6.10 Å². The molecule has 0 amide bonds. The van der Waals surface area contributed by atoms with Gasteiger partial charge in [0.1, 0.15) is 13.2 Å². The van der Waals surface area contributed by atoms with Gasteiger partial charge in [0, 0.05) is 19.3 Å². The summed E-state index contributed by atoms with van der Waals surface area (Å²) in [4.78, 5) is 37.8. The Labute approximate surface area is 365 Å². The molecule has 0 aromatic rings. The molecule has 0 saturated carbocycles. The van der Waals surface area contributed by atoms with Gasteiger partial charge in [0.25, 0.3) is 0 Å². The molecule has 1 unspecified atom stereocenters. The van der Waals surface area contributed by atoms with Gasteiger partial charge in [0.15, 0.2) is 6.10 Å². The van der Waals surface area contributed by atoms with Crippen molar-refractivity contribution in [2.45, 2.75) is 258 Å². The van der Waals surface area contributed by atoms with Crippen molar-refractivity contribution >= 4 is 17.9 Å². The van der Waals surface area contributed by atoms with Gasteiger partial charge in [0.05, 0.1) is 0 Å². The predicted octanol–water partition coefficient (Wildman–Crippen LogP) is 16.3. The summed E-state index contributed by atoms with van der Waals surface area (Å²) in [5.41, 5.74) is 0. The molecule has 6 heteroatoms. The van der Waals surface area contributed by atoms with E-state index in [1.165, 1.54) is 116 Å². The first kappa shape index (κ1) is 56.4. The molecule has 0 spiro atoms. The smallest absolute Gasteiger partial charge is 0.306 e. The van der Waals surface area contributed by atoms with E-state index in [9.17, 15) is 14.4 Å². The van der Waals surface area contributed by atoms with E-state index in [0.29, 0.717) is 19.3 Å². The van der Waals surface area contributed by atoms with E-state index in [1.54, 1.807) is 0 Å². The summed E-state index contributed by atoms with van der Waals surface area (Å²) >= 11 is 0. The first-order chi connectivity index (χ1) is 29.0. The van der Waals surface area contributed by atoms with Crippen molar-refractivity contribution in [1.29, 1.82) is 0 Å². The molecule has 0 saturated heterocycles. The second-order valence-corrected chi connectivity index (χ2v) is 16.7. The van der Waals surface area contributed by atoms with Crippen molar-refractivity contribution in [2.75, 3.05) is 13.2 Å². The first-order valence-electron chi connectivity index (χ1n) is 25.1. The Bertz CT molecular complexity index is 1040. The van der Waals surface area contributed by atoms with Crippen LogP contribution < -0.4 is 0 Å². The van der Waals surface area contributed by atoms with Gasteiger partial charge >= 0.3 is 17.9 Å². The van der Waals surface area contributed by atoms with Gasteiger partial charge in [-0.05, 0) is 77.0 Å². The van der Waals surface area contributed by atoms with E-state index in [2.05, 4.69) is 69.4 Å². The molecule has 0 aliphatic heterocycles. The minimum atomic E-state index is -0.778. The normalized spacial score (nSPS) is 12.4. The Morgan fingerprint density at radius 3 is 1.05 bits per heavy atom. The maximum absolute atomic E-state index is 12.8. The van der Waals surface area contributed by atoms with Crippen LogP contribution in [-0.2, 0) is 28.6 Å². The van der Waals surface area contributed by atoms with Crippen LogP contribution in [0.5, 0.6) is 0 Å². The molecule has 0 aliphatic carbocycles. The van der Waals surface area contributed by atoms with Crippen LogP contribution in [0.25, 0.3) is 0 Å². The first-order valence-corrected chi connectivity index (χ1v) is 25.1. The van der Waals surface area contributed by atoms with Gasteiger partial charge < -0.3 is 14.2 Å². The molecule has 0 N–H and O–H groups in total. The number of ether oxygens (including phenoxy) is 3. The quantitative estimate of drug-likeness (QED) is 0.0263. The van der Waals surface area contributed by atoms with E-state index in [1.807, 2.05) is 0 Å². The Kier molecular flexibility index (Phi) is 45.9. The van der Waals surface area contributed by atoms with Crippen LogP contribution >= 0.6 is 0 Å². The fourth-order valence-electron chi connectivity index (χ4n) is 7.04. The zero-order valence-corrected chi connectivity index (χ0v) is 39.0. The fourth-order valence-corrected chi connectivity index (χ4v) is 7.04. The molecule has 0 aromatic carbocycles. The predicted molar refractivity (Wildman–Crippen MR) is 252 cm³/mol. The Balaban J connectivity index is 4.35. The van der Waals surface area contributed by atoms with Gasteiger partial charge in [-0.3, -0.25) is 14.4 Å². The van der Waals surface area contributed by atoms with Crippen LogP contribution in [0, 0.1) is 0 Å². The lowest BCUT2D eigenvalue weighted by molar-refractivity contribution is -0.167. The van der Waals surface area contributed by atoms with Gasteiger partial charge in [0.2, 0.25) is 0 Å². The van der Waals surface area contributed by atoms with Gasteiger partial charge in [-0.2, -0.15) is 0 Å². The lowest BCUT2D eigenvalue weighted by atomic mass is 10.1.